The smallest absolute Gasteiger partial charge is 0.310 e. The summed E-state index contributed by atoms with van der Waals surface area (Å²) in [4.78, 5) is 10.9. The van der Waals surface area contributed by atoms with E-state index in [9.17, 15) is 9.18 Å². The third kappa shape index (κ3) is 2.74. The number of carboxylic acid groups (broad SMARTS) is 1. The molecule has 0 aliphatic heterocycles. The highest BCUT2D eigenvalue weighted by Crippen LogP contribution is 2.31. The van der Waals surface area contributed by atoms with E-state index in [-0.39, 0.29) is 12.4 Å². The van der Waals surface area contributed by atoms with Crippen molar-refractivity contribution in [2.45, 2.75) is 19.4 Å². The van der Waals surface area contributed by atoms with Crippen molar-refractivity contribution in [2.24, 2.45) is 0 Å². The second kappa shape index (κ2) is 5.63. The van der Waals surface area contributed by atoms with Crippen LogP contribution < -0.4 is 4.74 Å². The Morgan fingerprint density at radius 1 is 1.47 bits per heavy atom. The Labute approximate surface area is 99.0 Å². The summed E-state index contributed by atoms with van der Waals surface area (Å²) < 4.78 is 23.7. The Morgan fingerprint density at radius 2 is 2.12 bits per heavy atom. The molecule has 0 aromatic heterocycles. The first-order valence-corrected chi connectivity index (χ1v) is 5.09. The molecule has 0 saturated heterocycles. The fourth-order valence-electron chi connectivity index (χ4n) is 1.56. The summed E-state index contributed by atoms with van der Waals surface area (Å²) in [6, 6.07) is 3.06. The van der Waals surface area contributed by atoms with Crippen molar-refractivity contribution < 1.29 is 23.8 Å². The molecule has 94 valence electrons. The van der Waals surface area contributed by atoms with Gasteiger partial charge < -0.3 is 14.6 Å². The summed E-state index contributed by atoms with van der Waals surface area (Å²) in [5.41, 5.74) is 0.656. The molecule has 1 unspecified atom stereocenters. The molecule has 1 aromatic rings. The van der Waals surface area contributed by atoms with Gasteiger partial charge in [-0.3, -0.25) is 4.79 Å². The highest BCUT2D eigenvalue weighted by Gasteiger charge is 2.22. The number of carbonyl (C=O) groups is 1. The number of hydrogen-bond acceptors (Lipinski definition) is 3. The van der Waals surface area contributed by atoms with Gasteiger partial charge in [0.25, 0.3) is 0 Å². The SMILES string of the molecule is COCc1ccc(C(C)C(=O)O)c(OC)c1F. The van der Waals surface area contributed by atoms with Crippen LogP contribution in [0.25, 0.3) is 0 Å². The molecule has 0 fully saturated rings. The van der Waals surface area contributed by atoms with Crippen LogP contribution in [0.1, 0.15) is 24.0 Å². The summed E-state index contributed by atoms with van der Waals surface area (Å²) in [6.07, 6.45) is 0. The minimum atomic E-state index is -1.03. The van der Waals surface area contributed by atoms with Crippen molar-refractivity contribution in [1.82, 2.24) is 0 Å². The lowest BCUT2D eigenvalue weighted by atomic mass is 9.98. The largest absolute Gasteiger partial charge is 0.493 e. The molecule has 0 radical (unpaired) electrons. The molecule has 1 aromatic carbocycles. The molecule has 1 rings (SSSR count). The third-order valence-electron chi connectivity index (χ3n) is 2.55. The van der Waals surface area contributed by atoms with Crippen LogP contribution in [0.4, 0.5) is 4.39 Å². The molecule has 4 nitrogen and oxygen atoms in total. The van der Waals surface area contributed by atoms with E-state index in [1.54, 1.807) is 6.07 Å². The summed E-state index contributed by atoms with van der Waals surface area (Å²) in [7, 11) is 2.77. The van der Waals surface area contributed by atoms with Gasteiger partial charge >= 0.3 is 5.97 Å². The van der Waals surface area contributed by atoms with Gasteiger partial charge in [-0.2, -0.15) is 0 Å². The van der Waals surface area contributed by atoms with Crippen LogP contribution >= 0.6 is 0 Å². The van der Waals surface area contributed by atoms with Gasteiger partial charge in [-0.05, 0) is 6.92 Å². The van der Waals surface area contributed by atoms with Crippen LogP contribution in [-0.4, -0.2) is 25.3 Å². The second-order valence-corrected chi connectivity index (χ2v) is 3.65. The van der Waals surface area contributed by atoms with E-state index in [0.717, 1.165) is 0 Å². The van der Waals surface area contributed by atoms with E-state index in [1.807, 2.05) is 0 Å². The van der Waals surface area contributed by atoms with E-state index in [4.69, 9.17) is 14.6 Å². The van der Waals surface area contributed by atoms with E-state index < -0.39 is 17.7 Å². The fourth-order valence-corrected chi connectivity index (χ4v) is 1.56. The number of halogens is 1. The molecule has 0 heterocycles. The fraction of sp³-hybridized carbons (Fsp3) is 0.417. The molecule has 0 spiro atoms. The van der Waals surface area contributed by atoms with Crippen molar-refractivity contribution in [3.05, 3.63) is 29.1 Å². The Kier molecular flexibility index (Phi) is 4.45. The molecule has 0 aliphatic rings. The maximum absolute atomic E-state index is 13.9. The number of carboxylic acids is 1. The summed E-state index contributed by atoms with van der Waals surface area (Å²) >= 11 is 0. The molecule has 0 saturated carbocycles. The molecule has 0 bridgehead atoms. The third-order valence-corrected chi connectivity index (χ3v) is 2.55. The lowest BCUT2D eigenvalue weighted by Crippen LogP contribution is -2.10. The summed E-state index contributed by atoms with van der Waals surface area (Å²) in [5.74, 6) is -2.45. The van der Waals surface area contributed by atoms with E-state index in [2.05, 4.69) is 0 Å². The van der Waals surface area contributed by atoms with Gasteiger partial charge in [0.2, 0.25) is 0 Å². The highest BCUT2D eigenvalue weighted by molar-refractivity contribution is 5.76. The minimum Gasteiger partial charge on any atom is -0.493 e. The minimum absolute atomic E-state index is 0.0329. The average Bonchev–Trinajstić information content (AvgIpc) is 2.30. The molecule has 5 heteroatoms. The normalized spacial score (nSPS) is 12.2. The van der Waals surface area contributed by atoms with Crippen LogP contribution in [0, 0.1) is 5.82 Å². The Bertz CT molecular complexity index is 417. The average molecular weight is 242 g/mol. The highest BCUT2D eigenvalue weighted by atomic mass is 19.1. The maximum Gasteiger partial charge on any atom is 0.310 e. The Hall–Kier alpha value is -1.62. The first kappa shape index (κ1) is 13.4. The number of methoxy groups -OCH3 is 2. The molecule has 0 amide bonds. The predicted molar refractivity (Wildman–Crippen MR) is 59.7 cm³/mol. The molecule has 0 aliphatic carbocycles. The van der Waals surface area contributed by atoms with Gasteiger partial charge in [-0.25, -0.2) is 4.39 Å². The maximum atomic E-state index is 13.9. The number of hydrogen-bond donors (Lipinski definition) is 1. The number of aliphatic carboxylic acids is 1. The van der Waals surface area contributed by atoms with E-state index >= 15 is 0 Å². The quantitative estimate of drug-likeness (QED) is 0.859. The van der Waals surface area contributed by atoms with Gasteiger partial charge in [0.1, 0.15) is 0 Å². The van der Waals surface area contributed by atoms with E-state index in [0.29, 0.717) is 11.1 Å². The Balaban J connectivity index is 3.25. The van der Waals surface area contributed by atoms with Gasteiger partial charge in [0.05, 0.1) is 19.6 Å². The van der Waals surface area contributed by atoms with Crippen LogP contribution in [0.3, 0.4) is 0 Å². The standard InChI is InChI=1S/C12H15FO4/c1-7(12(14)15)9-5-4-8(6-16-2)10(13)11(9)17-3/h4-5,7H,6H2,1-3H3,(H,14,15). The second-order valence-electron chi connectivity index (χ2n) is 3.65. The first-order chi connectivity index (χ1) is 8.02. The van der Waals surface area contributed by atoms with Crippen molar-refractivity contribution in [2.75, 3.05) is 14.2 Å². The van der Waals surface area contributed by atoms with Crippen molar-refractivity contribution in [3.8, 4) is 5.75 Å². The van der Waals surface area contributed by atoms with Gasteiger partial charge in [-0.15, -0.1) is 0 Å². The number of rotatable bonds is 5. The van der Waals surface area contributed by atoms with Crippen molar-refractivity contribution in [1.29, 1.82) is 0 Å². The van der Waals surface area contributed by atoms with Crippen LogP contribution in [-0.2, 0) is 16.1 Å². The van der Waals surface area contributed by atoms with Crippen LogP contribution in [0.5, 0.6) is 5.75 Å². The van der Waals surface area contributed by atoms with Crippen LogP contribution in [0.15, 0.2) is 12.1 Å². The zero-order chi connectivity index (χ0) is 13.0. The number of benzene rings is 1. The van der Waals surface area contributed by atoms with Gasteiger partial charge in [0, 0.05) is 18.2 Å². The topological polar surface area (TPSA) is 55.8 Å². The monoisotopic (exact) mass is 242 g/mol. The zero-order valence-electron chi connectivity index (χ0n) is 9.99. The lowest BCUT2D eigenvalue weighted by molar-refractivity contribution is -0.138. The first-order valence-electron chi connectivity index (χ1n) is 5.09. The molecule has 1 atom stereocenters. The van der Waals surface area contributed by atoms with E-state index in [1.165, 1.54) is 27.2 Å². The van der Waals surface area contributed by atoms with Crippen molar-refractivity contribution >= 4 is 5.97 Å². The molecular formula is C12H15FO4. The molecule has 17 heavy (non-hydrogen) atoms. The summed E-state index contributed by atoms with van der Waals surface area (Å²) in [5, 5.41) is 8.92. The lowest BCUT2D eigenvalue weighted by Gasteiger charge is -2.15. The Morgan fingerprint density at radius 3 is 2.59 bits per heavy atom. The van der Waals surface area contributed by atoms with Gasteiger partial charge in [-0.1, -0.05) is 12.1 Å². The van der Waals surface area contributed by atoms with Crippen molar-refractivity contribution in [3.63, 3.8) is 0 Å². The number of ether oxygens (including phenoxy) is 2. The zero-order valence-corrected chi connectivity index (χ0v) is 9.99. The van der Waals surface area contributed by atoms with Gasteiger partial charge in [0.15, 0.2) is 11.6 Å². The summed E-state index contributed by atoms with van der Waals surface area (Å²) in [6.45, 7) is 1.60. The predicted octanol–water partition coefficient (Wildman–Crippen LogP) is 2.17. The molecule has 1 N–H and O–H groups in total. The van der Waals surface area contributed by atoms with Crippen LogP contribution in [0.2, 0.25) is 0 Å². The molecular weight excluding hydrogens is 227 g/mol.